The van der Waals surface area contributed by atoms with E-state index in [1.165, 1.54) is 37.7 Å². The molecular formula is C20H19N3O5S. The quantitative estimate of drug-likeness (QED) is 0.611. The highest BCUT2D eigenvalue weighted by molar-refractivity contribution is 8.14. The van der Waals surface area contributed by atoms with Gasteiger partial charge in [0.2, 0.25) is 11.8 Å². The highest BCUT2D eigenvalue weighted by atomic mass is 32.2. The number of benzene rings is 2. The molecule has 0 saturated carbocycles. The van der Waals surface area contributed by atoms with Gasteiger partial charge in [-0.3, -0.25) is 9.59 Å². The Balaban J connectivity index is 1.83. The Morgan fingerprint density at radius 2 is 1.79 bits per heavy atom. The number of ether oxygens (including phenoxy) is 2. The van der Waals surface area contributed by atoms with E-state index in [1.54, 1.807) is 42.5 Å². The third-order valence-corrected chi connectivity index (χ3v) is 5.04. The van der Waals surface area contributed by atoms with Crippen LogP contribution in [0.1, 0.15) is 35.1 Å². The van der Waals surface area contributed by atoms with Crippen LogP contribution in [0.2, 0.25) is 0 Å². The minimum absolute atomic E-state index is 0.255. The topological polar surface area (TPSA) is 97.3 Å². The van der Waals surface area contributed by atoms with Gasteiger partial charge in [0.25, 0.3) is 0 Å². The lowest BCUT2D eigenvalue weighted by Gasteiger charge is -2.20. The third kappa shape index (κ3) is 4.75. The monoisotopic (exact) mass is 413 g/mol. The van der Waals surface area contributed by atoms with Crippen molar-refractivity contribution in [2.45, 2.75) is 19.2 Å². The molecule has 0 unspecified atom stereocenters. The van der Waals surface area contributed by atoms with Gasteiger partial charge in [0.05, 0.1) is 12.7 Å². The summed E-state index contributed by atoms with van der Waals surface area (Å²) in [4.78, 5) is 35.6. The fourth-order valence-corrected chi connectivity index (χ4v) is 3.76. The van der Waals surface area contributed by atoms with Crippen molar-refractivity contribution >= 4 is 34.7 Å². The lowest BCUT2D eigenvalue weighted by atomic mass is 10.2. The normalized spacial score (nSPS) is 15.5. The van der Waals surface area contributed by atoms with Crippen molar-refractivity contribution < 1.29 is 23.9 Å². The zero-order valence-electron chi connectivity index (χ0n) is 16.0. The molecule has 3 rings (SSSR count). The smallest absolute Gasteiger partial charge is 0.343 e. The van der Waals surface area contributed by atoms with Crippen LogP contribution in [0.5, 0.6) is 11.5 Å². The Bertz CT molecular complexity index is 977. The number of carbonyl (C=O) groups excluding carboxylic acids is 3. The third-order valence-electron chi connectivity index (χ3n) is 3.93. The van der Waals surface area contributed by atoms with Crippen LogP contribution in [0, 0.1) is 0 Å². The number of hydrogen-bond acceptors (Lipinski definition) is 7. The Morgan fingerprint density at radius 3 is 2.41 bits per heavy atom. The van der Waals surface area contributed by atoms with Gasteiger partial charge in [-0.2, -0.15) is 0 Å². The van der Waals surface area contributed by atoms with E-state index >= 15 is 0 Å². The molecule has 8 nitrogen and oxygen atoms in total. The minimum Gasteiger partial charge on any atom is -0.493 e. The maximum Gasteiger partial charge on any atom is 0.343 e. The Morgan fingerprint density at radius 1 is 1.07 bits per heavy atom. The van der Waals surface area contributed by atoms with Gasteiger partial charge in [-0.05, 0) is 29.8 Å². The Kier molecular flexibility index (Phi) is 6.18. The van der Waals surface area contributed by atoms with Crippen molar-refractivity contribution in [2.75, 3.05) is 7.11 Å². The highest BCUT2D eigenvalue weighted by Crippen LogP contribution is 2.41. The van der Waals surface area contributed by atoms with Crippen LogP contribution in [0.3, 0.4) is 0 Å². The van der Waals surface area contributed by atoms with E-state index in [9.17, 15) is 14.4 Å². The molecule has 2 aromatic rings. The first-order valence-electron chi connectivity index (χ1n) is 8.67. The first-order valence-corrected chi connectivity index (χ1v) is 9.55. The van der Waals surface area contributed by atoms with Crippen LogP contribution in [0.15, 0.2) is 53.6 Å². The number of amidine groups is 1. The Labute approximate surface area is 171 Å². The average molecular weight is 413 g/mol. The summed E-state index contributed by atoms with van der Waals surface area (Å²) >= 11 is 1.22. The van der Waals surface area contributed by atoms with Crippen LogP contribution >= 0.6 is 11.8 Å². The summed E-state index contributed by atoms with van der Waals surface area (Å²) in [5.74, 6) is -0.467. The zero-order valence-corrected chi connectivity index (χ0v) is 16.9. The second-order valence-electron chi connectivity index (χ2n) is 6.09. The largest absolute Gasteiger partial charge is 0.493 e. The van der Waals surface area contributed by atoms with Crippen molar-refractivity contribution in [3.8, 4) is 11.5 Å². The molecule has 0 aromatic heterocycles. The molecular weight excluding hydrogens is 394 g/mol. The van der Waals surface area contributed by atoms with Gasteiger partial charge in [0.1, 0.15) is 5.37 Å². The van der Waals surface area contributed by atoms with Crippen molar-refractivity contribution in [1.82, 2.24) is 10.3 Å². The summed E-state index contributed by atoms with van der Waals surface area (Å²) in [6.45, 7) is 2.76. The number of nitrogens with one attached hydrogen (secondary N) is 1. The molecule has 1 atom stereocenters. The van der Waals surface area contributed by atoms with Gasteiger partial charge in [0.15, 0.2) is 16.7 Å². The molecule has 0 fully saturated rings. The average Bonchev–Trinajstić information content (AvgIpc) is 3.12. The van der Waals surface area contributed by atoms with Gasteiger partial charge < -0.3 is 14.8 Å². The van der Waals surface area contributed by atoms with Crippen molar-refractivity contribution in [3.63, 3.8) is 0 Å². The number of amides is 2. The standard InChI is InChI=1S/C20H19N3O5S/c1-12(24)21-20-22-23(13(2)25)18(29-20)15-9-10-16(17(11-15)27-3)28-19(26)14-7-5-4-6-8-14/h4-11,18H,1-3H3,(H,21,22,24)/t18-/m0/s1. The first kappa shape index (κ1) is 20.4. The molecule has 150 valence electrons. The first-order chi connectivity index (χ1) is 13.9. The molecule has 1 aliphatic rings. The van der Waals surface area contributed by atoms with Gasteiger partial charge in [-0.15, -0.1) is 5.10 Å². The summed E-state index contributed by atoms with van der Waals surface area (Å²) in [5, 5.41) is 7.87. The maximum atomic E-state index is 12.3. The minimum atomic E-state index is -0.506. The number of nitrogens with zero attached hydrogens (tertiary/aromatic N) is 2. The molecule has 29 heavy (non-hydrogen) atoms. The van der Waals surface area contributed by atoms with E-state index in [0.29, 0.717) is 22.0 Å². The number of hydrazone groups is 1. The molecule has 2 amide bonds. The molecule has 1 aliphatic heterocycles. The molecule has 1 N–H and O–H groups in total. The summed E-state index contributed by atoms with van der Waals surface area (Å²) < 4.78 is 10.8. The van der Waals surface area contributed by atoms with Gasteiger partial charge in [0, 0.05) is 13.8 Å². The number of rotatable bonds is 4. The predicted molar refractivity (Wildman–Crippen MR) is 108 cm³/mol. The molecule has 0 spiro atoms. The molecule has 1 heterocycles. The summed E-state index contributed by atoms with van der Waals surface area (Å²) in [5.41, 5.74) is 1.12. The van der Waals surface area contributed by atoms with Crippen LogP contribution in [-0.2, 0) is 9.59 Å². The molecule has 0 aliphatic carbocycles. The molecule has 0 saturated heterocycles. The lowest BCUT2D eigenvalue weighted by molar-refractivity contribution is -0.129. The number of esters is 1. The second-order valence-corrected chi connectivity index (χ2v) is 7.15. The van der Waals surface area contributed by atoms with E-state index < -0.39 is 11.3 Å². The van der Waals surface area contributed by atoms with Crippen LogP contribution in [-0.4, -0.2) is 35.1 Å². The summed E-state index contributed by atoms with van der Waals surface area (Å²) in [6.07, 6.45) is 0. The fourth-order valence-electron chi connectivity index (χ4n) is 2.63. The van der Waals surface area contributed by atoms with E-state index in [1.807, 2.05) is 6.07 Å². The predicted octanol–water partition coefficient (Wildman–Crippen LogP) is 2.92. The highest BCUT2D eigenvalue weighted by Gasteiger charge is 2.33. The van der Waals surface area contributed by atoms with Crippen molar-refractivity contribution in [1.29, 1.82) is 0 Å². The fraction of sp³-hybridized carbons (Fsp3) is 0.200. The van der Waals surface area contributed by atoms with Gasteiger partial charge in [-0.25, -0.2) is 9.80 Å². The molecule has 9 heteroatoms. The van der Waals surface area contributed by atoms with Gasteiger partial charge >= 0.3 is 5.97 Å². The summed E-state index contributed by atoms with van der Waals surface area (Å²) in [7, 11) is 1.46. The summed E-state index contributed by atoms with van der Waals surface area (Å²) in [6, 6.07) is 13.6. The lowest BCUT2D eigenvalue weighted by Crippen LogP contribution is -2.25. The van der Waals surface area contributed by atoms with E-state index in [4.69, 9.17) is 9.47 Å². The number of methoxy groups -OCH3 is 1. The molecule has 0 bridgehead atoms. The maximum absolute atomic E-state index is 12.3. The van der Waals surface area contributed by atoms with Gasteiger partial charge in [-0.1, -0.05) is 36.0 Å². The Hall–Kier alpha value is -3.33. The van der Waals surface area contributed by atoms with Crippen LogP contribution in [0.4, 0.5) is 0 Å². The number of hydrogen-bond donors (Lipinski definition) is 1. The van der Waals surface area contributed by atoms with E-state index in [2.05, 4.69) is 10.4 Å². The zero-order chi connectivity index (χ0) is 21.0. The van der Waals surface area contributed by atoms with E-state index in [0.717, 1.165) is 0 Å². The van der Waals surface area contributed by atoms with E-state index in [-0.39, 0.29) is 17.6 Å². The van der Waals surface area contributed by atoms with Crippen molar-refractivity contribution in [2.24, 2.45) is 5.10 Å². The second kappa shape index (κ2) is 8.78. The number of thioether (sulfide) groups is 1. The van der Waals surface area contributed by atoms with Crippen LogP contribution < -0.4 is 14.8 Å². The SMILES string of the molecule is COc1cc([C@@H]2SC(NC(C)=O)=NN2C(C)=O)ccc1OC(=O)c1ccccc1. The molecule has 2 aromatic carbocycles. The van der Waals surface area contributed by atoms with Crippen LogP contribution in [0.25, 0.3) is 0 Å². The number of carbonyl (C=O) groups is 3. The molecule has 0 radical (unpaired) electrons. The van der Waals surface area contributed by atoms with Crippen molar-refractivity contribution in [3.05, 3.63) is 59.7 Å².